The smallest absolute Gasteiger partial charge is 0.472 e. The van der Waals surface area contributed by atoms with Crippen molar-refractivity contribution in [2.45, 2.75) is 206 Å². The zero-order valence-corrected chi connectivity index (χ0v) is 32.5. The Morgan fingerprint density at radius 3 is 1.35 bits per heavy atom. The van der Waals surface area contributed by atoms with E-state index < -0.39 is 45.1 Å². The van der Waals surface area contributed by atoms with Gasteiger partial charge in [0.05, 0.1) is 19.8 Å². The molecule has 0 aromatic rings. The zero-order chi connectivity index (χ0) is 36.3. The van der Waals surface area contributed by atoms with Gasteiger partial charge in [-0.3, -0.25) is 18.6 Å². The number of esters is 1. The van der Waals surface area contributed by atoms with Crippen molar-refractivity contribution in [3.8, 4) is 0 Å². The zero-order valence-electron chi connectivity index (χ0n) is 31.6. The molecule has 11 heteroatoms. The predicted molar refractivity (Wildman–Crippen MR) is 199 cm³/mol. The molecule has 0 heterocycles. The Morgan fingerprint density at radius 1 is 0.571 bits per heavy atom. The average Bonchev–Trinajstić information content (AvgIpc) is 3.07. The second kappa shape index (κ2) is 35.4. The number of carbonyl (C=O) groups is 2. The van der Waals surface area contributed by atoms with Gasteiger partial charge in [-0.15, -0.1) is 0 Å². The summed E-state index contributed by atoms with van der Waals surface area (Å²) in [5, 5.41) is 8.86. The van der Waals surface area contributed by atoms with Crippen molar-refractivity contribution >= 4 is 19.8 Å². The molecule has 0 aliphatic carbocycles. The summed E-state index contributed by atoms with van der Waals surface area (Å²) in [5.41, 5.74) is 5.34. The number of hydrogen-bond donors (Lipinski definition) is 3. The van der Waals surface area contributed by atoms with E-state index in [0.717, 1.165) is 38.5 Å². The lowest BCUT2D eigenvalue weighted by Crippen LogP contribution is -2.34. The van der Waals surface area contributed by atoms with Crippen LogP contribution in [-0.4, -0.2) is 60.5 Å². The third-order valence-corrected chi connectivity index (χ3v) is 9.84. The SMILES string of the molecule is CCCCCCCCCCCCCCCCCCOCC(COP(=O)(O)OCC(N)C(=O)O)OC(=O)CCCCCCCCCCCCC. The van der Waals surface area contributed by atoms with Crippen molar-refractivity contribution < 1.29 is 42.7 Å². The number of phosphoric acid groups is 1. The van der Waals surface area contributed by atoms with Crippen molar-refractivity contribution in [2.75, 3.05) is 26.4 Å². The maximum atomic E-state index is 12.5. The average molecular weight is 722 g/mol. The minimum absolute atomic E-state index is 0.0252. The first-order valence-electron chi connectivity index (χ1n) is 20.1. The van der Waals surface area contributed by atoms with Crippen molar-refractivity contribution in [3.05, 3.63) is 0 Å². The van der Waals surface area contributed by atoms with Crippen LogP contribution in [0.3, 0.4) is 0 Å². The fourth-order valence-electron chi connectivity index (χ4n) is 5.72. The molecule has 49 heavy (non-hydrogen) atoms. The van der Waals surface area contributed by atoms with Crippen LogP contribution in [0.1, 0.15) is 194 Å². The number of unbranched alkanes of at least 4 members (excludes halogenated alkanes) is 25. The molecule has 0 spiro atoms. The van der Waals surface area contributed by atoms with E-state index in [4.69, 9.17) is 29.4 Å². The van der Waals surface area contributed by atoms with Crippen molar-refractivity contribution in [2.24, 2.45) is 5.73 Å². The van der Waals surface area contributed by atoms with Gasteiger partial charge in [-0.25, -0.2) is 4.57 Å². The molecule has 0 aliphatic heterocycles. The lowest BCUT2D eigenvalue weighted by atomic mass is 10.0. The van der Waals surface area contributed by atoms with Crippen LogP contribution in [0.2, 0.25) is 0 Å². The number of aliphatic carboxylic acids is 1. The Labute approximate surface area is 299 Å². The Hall–Kier alpha value is -1.03. The highest BCUT2D eigenvalue weighted by molar-refractivity contribution is 7.47. The molecule has 0 radical (unpaired) electrons. The minimum Gasteiger partial charge on any atom is -0.480 e. The Bertz CT molecular complexity index is 801. The number of carbonyl (C=O) groups excluding carboxylic acids is 1. The van der Waals surface area contributed by atoms with Crippen molar-refractivity contribution in [1.82, 2.24) is 0 Å². The minimum atomic E-state index is -4.60. The molecule has 0 rings (SSSR count). The number of nitrogens with two attached hydrogens (primary N) is 1. The summed E-state index contributed by atoms with van der Waals surface area (Å²) in [6.45, 7) is 3.90. The van der Waals surface area contributed by atoms with Crippen LogP contribution < -0.4 is 5.73 Å². The second-order valence-electron chi connectivity index (χ2n) is 13.8. The van der Waals surface area contributed by atoms with Gasteiger partial charge in [-0.2, -0.15) is 0 Å². The molecule has 0 saturated carbocycles. The van der Waals surface area contributed by atoms with Gasteiger partial charge >= 0.3 is 19.8 Å². The summed E-state index contributed by atoms with van der Waals surface area (Å²) in [6, 6.07) is -1.47. The van der Waals surface area contributed by atoms with Crippen LogP contribution in [0.25, 0.3) is 0 Å². The number of rotatable bonds is 39. The third kappa shape index (κ3) is 35.2. The van der Waals surface area contributed by atoms with E-state index in [-0.39, 0.29) is 13.0 Å². The number of carboxylic acids is 1. The largest absolute Gasteiger partial charge is 0.480 e. The molecule has 4 N–H and O–H groups in total. The van der Waals surface area contributed by atoms with Crippen molar-refractivity contribution in [3.63, 3.8) is 0 Å². The highest BCUT2D eigenvalue weighted by Gasteiger charge is 2.27. The molecule has 3 unspecified atom stereocenters. The molecule has 0 saturated heterocycles. The molecule has 292 valence electrons. The van der Waals surface area contributed by atoms with Gasteiger partial charge in [0.25, 0.3) is 0 Å². The van der Waals surface area contributed by atoms with E-state index in [2.05, 4.69) is 13.8 Å². The predicted octanol–water partition coefficient (Wildman–Crippen LogP) is 10.4. The first-order valence-corrected chi connectivity index (χ1v) is 21.6. The first kappa shape index (κ1) is 48.0. The topological polar surface area (TPSA) is 155 Å². The van der Waals surface area contributed by atoms with Crippen LogP contribution in [0.4, 0.5) is 0 Å². The number of carboxylic acid groups (broad SMARTS) is 1. The molecular weight excluding hydrogens is 645 g/mol. The number of hydrogen-bond acceptors (Lipinski definition) is 8. The Morgan fingerprint density at radius 2 is 0.939 bits per heavy atom. The maximum Gasteiger partial charge on any atom is 0.472 e. The van der Waals surface area contributed by atoms with Crippen LogP contribution in [0.5, 0.6) is 0 Å². The Balaban J connectivity index is 4.21. The fraction of sp³-hybridized carbons (Fsp3) is 0.947. The molecule has 0 fully saturated rings. The second-order valence-corrected chi connectivity index (χ2v) is 15.2. The molecule has 3 atom stereocenters. The summed E-state index contributed by atoms with van der Waals surface area (Å²) in [7, 11) is -4.60. The quantitative estimate of drug-likeness (QED) is 0.0317. The molecule has 0 aromatic heterocycles. The highest BCUT2D eigenvalue weighted by atomic mass is 31.2. The van der Waals surface area contributed by atoms with Gasteiger partial charge in [0.2, 0.25) is 0 Å². The first-order chi connectivity index (χ1) is 23.7. The molecule has 0 bridgehead atoms. The summed E-state index contributed by atoms with van der Waals surface area (Å²) in [5.74, 6) is -1.77. The lowest BCUT2D eigenvalue weighted by molar-refractivity contribution is -0.154. The third-order valence-electron chi connectivity index (χ3n) is 8.89. The van der Waals surface area contributed by atoms with Gasteiger partial charge in [0.1, 0.15) is 12.1 Å². The summed E-state index contributed by atoms with van der Waals surface area (Å²) in [4.78, 5) is 33.4. The van der Waals surface area contributed by atoms with Crippen LogP contribution in [0, 0.1) is 0 Å². The van der Waals surface area contributed by atoms with E-state index in [1.54, 1.807) is 0 Å². The van der Waals surface area contributed by atoms with Crippen LogP contribution >= 0.6 is 7.82 Å². The van der Waals surface area contributed by atoms with Gasteiger partial charge in [0, 0.05) is 13.0 Å². The number of phosphoric ester groups is 1. The number of ether oxygens (including phenoxy) is 2. The van der Waals surface area contributed by atoms with E-state index in [0.29, 0.717) is 6.61 Å². The van der Waals surface area contributed by atoms with Gasteiger partial charge in [-0.05, 0) is 12.8 Å². The van der Waals surface area contributed by atoms with E-state index in [9.17, 15) is 19.0 Å². The normalized spacial score (nSPS) is 14.0. The van der Waals surface area contributed by atoms with Gasteiger partial charge in [-0.1, -0.05) is 174 Å². The molecule has 0 aromatic carbocycles. The van der Waals surface area contributed by atoms with E-state index >= 15 is 0 Å². The molecular formula is C38H76NO9P. The summed E-state index contributed by atoms with van der Waals surface area (Å²) < 4.78 is 33.2. The van der Waals surface area contributed by atoms with E-state index in [1.165, 1.54) is 135 Å². The summed E-state index contributed by atoms with van der Waals surface area (Å²) in [6.07, 6.45) is 32.9. The standard InChI is InChI=1S/C38H76NO9P/c1-3-5-7-9-11-13-15-16-17-18-19-21-23-25-27-29-31-45-32-35(33-46-49(43,44)47-34-36(39)38(41)42)48-37(40)30-28-26-24-22-20-14-12-10-8-6-4-2/h35-36H,3-34,39H2,1-2H3,(H,41,42)(H,43,44). The van der Waals surface area contributed by atoms with Crippen molar-refractivity contribution in [1.29, 1.82) is 0 Å². The monoisotopic (exact) mass is 722 g/mol. The maximum absolute atomic E-state index is 12.5. The molecule has 0 aliphatic rings. The Kier molecular flexibility index (Phi) is 34.6. The van der Waals surface area contributed by atoms with E-state index in [1.807, 2.05) is 0 Å². The summed E-state index contributed by atoms with van der Waals surface area (Å²) >= 11 is 0. The fourth-order valence-corrected chi connectivity index (χ4v) is 6.50. The molecule has 10 nitrogen and oxygen atoms in total. The van der Waals surface area contributed by atoms with Crippen LogP contribution in [-0.2, 0) is 32.7 Å². The van der Waals surface area contributed by atoms with Gasteiger partial charge < -0.3 is 25.2 Å². The lowest BCUT2D eigenvalue weighted by Gasteiger charge is -2.20. The molecule has 0 amide bonds. The van der Waals surface area contributed by atoms with Gasteiger partial charge in [0.15, 0.2) is 0 Å². The van der Waals surface area contributed by atoms with Crippen LogP contribution in [0.15, 0.2) is 0 Å². The highest BCUT2D eigenvalue weighted by Crippen LogP contribution is 2.43.